The van der Waals surface area contributed by atoms with Crippen LogP contribution in [0.1, 0.15) is 16.1 Å². The van der Waals surface area contributed by atoms with E-state index in [0.29, 0.717) is 16.5 Å². The van der Waals surface area contributed by atoms with E-state index in [4.69, 9.17) is 25.8 Å². The minimum absolute atomic E-state index is 0.0731. The number of carbonyl (C=O) groups is 1. The molecule has 0 unspecified atom stereocenters. The van der Waals surface area contributed by atoms with Crippen molar-refractivity contribution in [2.45, 2.75) is 6.61 Å². The van der Waals surface area contributed by atoms with Gasteiger partial charge in [0.1, 0.15) is 12.3 Å². The Hall–Kier alpha value is -2.79. The van der Waals surface area contributed by atoms with Crippen LogP contribution < -0.4 is 9.47 Å². The second kappa shape index (κ2) is 6.02. The van der Waals surface area contributed by atoms with Crippen molar-refractivity contribution in [1.29, 1.82) is 0 Å². The van der Waals surface area contributed by atoms with E-state index in [2.05, 4.69) is 4.98 Å². The lowest BCUT2D eigenvalue weighted by atomic mass is 10.2. The molecule has 120 valence electrons. The average molecular weight is 342 g/mol. The molecule has 2 aromatic carbocycles. The van der Waals surface area contributed by atoms with Crippen LogP contribution >= 0.6 is 11.6 Å². The number of fused-ring (bicyclic) bond motifs is 2. The Morgan fingerprint density at radius 1 is 1.17 bits per heavy atom. The van der Waals surface area contributed by atoms with Gasteiger partial charge in [0.2, 0.25) is 6.79 Å². The van der Waals surface area contributed by atoms with Crippen molar-refractivity contribution in [2.24, 2.45) is 0 Å². The molecule has 3 aromatic rings. The van der Waals surface area contributed by atoms with Gasteiger partial charge in [-0.05, 0) is 29.8 Å². The topological polar surface area (TPSA) is 57.7 Å². The highest BCUT2D eigenvalue weighted by molar-refractivity contribution is 6.32. The number of benzene rings is 2. The molecule has 1 aromatic heterocycles. The Balaban J connectivity index is 1.51. The maximum absolute atomic E-state index is 12.2. The molecule has 0 amide bonds. The first-order valence-electron chi connectivity index (χ1n) is 7.32. The third kappa shape index (κ3) is 2.74. The maximum Gasteiger partial charge on any atom is 0.357 e. The monoisotopic (exact) mass is 341 g/mol. The van der Waals surface area contributed by atoms with Gasteiger partial charge in [-0.25, -0.2) is 9.78 Å². The van der Waals surface area contributed by atoms with Crippen LogP contribution in [0.3, 0.4) is 0 Å². The summed E-state index contributed by atoms with van der Waals surface area (Å²) < 4.78 is 15.9. The largest absolute Gasteiger partial charge is 0.456 e. The van der Waals surface area contributed by atoms with Gasteiger partial charge in [-0.3, -0.25) is 0 Å². The molecule has 5 nitrogen and oxygen atoms in total. The number of aromatic nitrogens is 1. The standard InChI is InChI=1S/C18H12ClNO4/c19-13-7-11(8-16-17(13)24-10-23-16)9-22-18(21)15-6-5-12-3-1-2-4-14(12)20-15/h1-8H,9-10H2. The summed E-state index contributed by atoms with van der Waals surface area (Å²) in [5.74, 6) is 0.579. The van der Waals surface area contributed by atoms with Crippen molar-refractivity contribution >= 4 is 28.5 Å². The summed E-state index contributed by atoms with van der Waals surface area (Å²) in [5, 5.41) is 1.40. The van der Waals surface area contributed by atoms with Crippen LogP contribution in [0.4, 0.5) is 0 Å². The number of rotatable bonds is 3. The zero-order valence-corrected chi connectivity index (χ0v) is 13.2. The maximum atomic E-state index is 12.2. The summed E-state index contributed by atoms with van der Waals surface area (Å²) in [5.41, 5.74) is 1.73. The van der Waals surface area contributed by atoms with Crippen LogP contribution in [0.5, 0.6) is 11.5 Å². The van der Waals surface area contributed by atoms with Gasteiger partial charge in [0.15, 0.2) is 11.5 Å². The molecule has 2 heterocycles. The number of para-hydroxylation sites is 1. The highest BCUT2D eigenvalue weighted by atomic mass is 35.5. The van der Waals surface area contributed by atoms with E-state index in [9.17, 15) is 4.79 Å². The zero-order valence-electron chi connectivity index (χ0n) is 12.5. The second-order valence-corrected chi connectivity index (χ2v) is 5.68. The van der Waals surface area contributed by atoms with Gasteiger partial charge in [0, 0.05) is 5.39 Å². The molecule has 0 fully saturated rings. The molecular formula is C18H12ClNO4. The number of nitrogens with zero attached hydrogens (tertiary/aromatic N) is 1. The molecule has 0 N–H and O–H groups in total. The Bertz CT molecular complexity index is 941. The van der Waals surface area contributed by atoms with Gasteiger partial charge in [-0.2, -0.15) is 0 Å². The van der Waals surface area contributed by atoms with Crippen LogP contribution in [-0.4, -0.2) is 17.7 Å². The van der Waals surface area contributed by atoms with Gasteiger partial charge in [0.05, 0.1) is 10.5 Å². The number of halogens is 1. The Morgan fingerprint density at radius 3 is 2.96 bits per heavy atom. The molecule has 0 radical (unpaired) electrons. The molecular weight excluding hydrogens is 330 g/mol. The summed E-state index contributed by atoms with van der Waals surface area (Å²) >= 11 is 6.11. The first-order chi connectivity index (χ1) is 11.7. The fourth-order valence-electron chi connectivity index (χ4n) is 2.51. The molecule has 0 saturated heterocycles. The lowest BCUT2D eigenvalue weighted by Crippen LogP contribution is -2.07. The third-order valence-corrected chi connectivity index (χ3v) is 3.95. The lowest BCUT2D eigenvalue weighted by Gasteiger charge is -2.07. The summed E-state index contributed by atoms with van der Waals surface area (Å²) in [7, 11) is 0. The number of pyridine rings is 1. The van der Waals surface area contributed by atoms with E-state index >= 15 is 0 Å². The van der Waals surface area contributed by atoms with Gasteiger partial charge in [-0.1, -0.05) is 35.9 Å². The summed E-state index contributed by atoms with van der Waals surface area (Å²) in [6.07, 6.45) is 0. The Morgan fingerprint density at radius 2 is 2.04 bits per heavy atom. The molecule has 24 heavy (non-hydrogen) atoms. The fourth-order valence-corrected chi connectivity index (χ4v) is 2.79. The number of esters is 1. The van der Waals surface area contributed by atoms with Gasteiger partial charge in [-0.15, -0.1) is 0 Å². The quantitative estimate of drug-likeness (QED) is 0.674. The molecule has 4 rings (SSSR count). The molecule has 0 bridgehead atoms. The molecule has 0 spiro atoms. The highest BCUT2D eigenvalue weighted by Gasteiger charge is 2.19. The van der Waals surface area contributed by atoms with Crippen LogP contribution in [0, 0.1) is 0 Å². The molecule has 0 saturated carbocycles. The molecule has 1 aliphatic heterocycles. The fraction of sp³-hybridized carbons (Fsp3) is 0.111. The minimum Gasteiger partial charge on any atom is -0.456 e. The van der Waals surface area contributed by atoms with Crippen molar-refractivity contribution in [3.05, 3.63) is 64.8 Å². The molecule has 0 atom stereocenters. The number of ether oxygens (including phenoxy) is 3. The summed E-state index contributed by atoms with van der Waals surface area (Å²) in [6.45, 7) is 0.211. The van der Waals surface area contributed by atoms with Crippen molar-refractivity contribution in [2.75, 3.05) is 6.79 Å². The van der Waals surface area contributed by atoms with Crippen molar-refractivity contribution in [3.8, 4) is 11.5 Å². The van der Waals surface area contributed by atoms with Crippen molar-refractivity contribution in [1.82, 2.24) is 4.98 Å². The zero-order chi connectivity index (χ0) is 16.5. The predicted molar refractivity (Wildman–Crippen MR) is 88.4 cm³/mol. The Kier molecular flexibility index (Phi) is 3.70. The second-order valence-electron chi connectivity index (χ2n) is 5.28. The normalized spacial score (nSPS) is 12.4. The SMILES string of the molecule is O=C(OCc1cc(Cl)c2c(c1)OCO2)c1ccc2ccccc2n1. The Labute approximate surface area is 142 Å². The minimum atomic E-state index is -0.491. The number of hydrogen-bond acceptors (Lipinski definition) is 5. The van der Waals surface area contributed by atoms with Crippen LogP contribution in [0.2, 0.25) is 5.02 Å². The van der Waals surface area contributed by atoms with Crippen LogP contribution in [0.25, 0.3) is 10.9 Å². The van der Waals surface area contributed by atoms with E-state index in [1.807, 2.05) is 30.3 Å². The van der Waals surface area contributed by atoms with Gasteiger partial charge < -0.3 is 14.2 Å². The summed E-state index contributed by atoms with van der Waals surface area (Å²) in [6, 6.07) is 14.5. The highest BCUT2D eigenvalue weighted by Crippen LogP contribution is 2.39. The van der Waals surface area contributed by atoms with E-state index in [0.717, 1.165) is 16.5 Å². The van der Waals surface area contributed by atoms with Crippen LogP contribution in [0.15, 0.2) is 48.5 Å². The smallest absolute Gasteiger partial charge is 0.357 e. The average Bonchev–Trinajstić information content (AvgIpc) is 3.08. The van der Waals surface area contributed by atoms with Gasteiger partial charge >= 0.3 is 5.97 Å². The van der Waals surface area contributed by atoms with Gasteiger partial charge in [0.25, 0.3) is 0 Å². The van der Waals surface area contributed by atoms with E-state index in [1.165, 1.54) is 0 Å². The molecule has 6 heteroatoms. The first kappa shape index (κ1) is 14.8. The van der Waals surface area contributed by atoms with E-state index in [-0.39, 0.29) is 19.1 Å². The van der Waals surface area contributed by atoms with Crippen molar-refractivity contribution in [3.63, 3.8) is 0 Å². The molecule has 1 aliphatic rings. The predicted octanol–water partition coefficient (Wildman–Crippen LogP) is 3.97. The van der Waals surface area contributed by atoms with Crippen molar-refractivity contribution < 1.29 is 19.0 Å². The van der Waals surface area contributed by atoms with Crippen LogP contribution in [-0.2, 0) is 11.3 Å². The molecule has 0 aliphatic carbocycles. The third-order valence-electron chi connectivity index (χ3n) is 3.66. The number of carbonyl (C=O) groups excluding carboxylic acids is 1. The first-order valence-corrected chi connectivity index (χ1v) is 7.69. The van der Waals surface area contributed by atoms with E-state index in [1.54, 1.807) is 18.2 Å². The number of hydrogen-bond donors (Lipinski definition) is 0. The lowest BCUT2D eigenvalue weighted by molar-refractivity contribution is 0.0466. The summed E-state index contributed by atoms with van der Waals surface area (Å²) in [4.78, 5) is 16.5. The van der Waals surface area contributed by atoms with E-state index < -0.39 is 5.97 Å².